The number of carbonyl (C=O) groups is 2. The third kappa shape index (κ3) is 2.99. The van der Waals surface area contributed by atoms with Crippen molar-refractivity contribution < 1.29 is 9.59 Å². The molecule has 28 heavy (non-hydrogen) atoms. The summed E-state index contributed by atoms with van der Waals surface area (Å²) >= 11 is 1.76. The number of hydrogen-bond donors (Lipinski definition) is 0. The summed E-state index contributed by atoms with van der Waals surface area (Å²) in [4.78, 5) is 36.1. The minimum atomic E-state index is -0.282. The maximum Gasteiger partial charge on any atom is 0.246 e. The minimum Gasteiger partial charge on any atom is -0.338 e. The summed E-state index contributed by atoms with van der Waals surface area (Å²) < 4.78 is 2.04. The molecule has 2 amide bonds. The van der Waals surface area contributed by atoms with Crippen LogP contribution in [0.5, 0.6) is 0 Å². The Kier molecular flexibility index (Phi) is 4.35. The highest BCUT2D eigenvalue weighted by Crippen LogP contribution is 2.47. The molecule has 8 heteroatoms. The fraction of sp³-hybridized carbons (Fsp3) is 0.550. The number of fused-ring (bicyclic) bond motifs is 2. The van der Waals surface area contributed by atoms with Gasteiger partial charge in [0.05, 0.1) is 10.6 Å². The Labute approximate surface area is 168 Å². The van der Waals surface area contributed by atoms with Crippen LogP contribution in [-0.2, 0) is 16.1 Å². The summed E-state index contributed by atoms with van der Waals surface area (Å²) in [6.45, 7) is 6.00. The van der Waals surface area contributed by atoms with E-state index < -0.39 is 0 Å². The normalized spacial score (nSPS) is 28.3. The maximum absolute atomic E-state index is 13.1. The van der Waals surface area contributed by atoms with Gasteiger partial charge in [-0.15, -0.1) is 11.8 Å². The van der Waals surface area contributed by atoms with Crippen LogP contribution in [0.4, 0.5) is 0 Å². The second-order valence-corrected chi connectivity index (χ2v) is 9.57. The van der Waals surface area contributed by atoms with E-state index in [4.69, 9.17) is 0 Å². The average Bonchev–Trinajstić information content (AvgIpc) is 3.34. The van der Waals surface area contributed by atoms with Gasteiger partial charge in [0.25, 0.3) is 0 Å². The van der Waals surface area contributed by atoms with Gasteiger partial charge in [-0.2, -0.15) is 0 Å². The first-order chi connectivity index (χ1) is 13.5. The van der Waals surface area contributed by atoms with Crippen LogP contribution >= 0.6 is 11.8 Å². The number of amides is 2. The van der Waals surface area contributed by atoms with Gasteiger partial charge < -0.3 is 14.2 Å². The predicted molar refractivity (Wildman–Crippen MR) is 108 cm³/mol. The molecule has 0 radical (unpaired) electrons. The molecule has 5 heterocycles. The van der Waals surface area contributed by atoms with E-state index in [1.807, 2.05) is 38.6 Å². The van der Waals surface area contributed by atoms with Gasteiger partial charge in [0.15, 0.2) is 0 Å². The summed E-state index contributed by atoms with van der Waals surface area (Å²) in [5.74, 6) is 0.984. The van der Waals surface area contributed by atoms with Crippen LogP contribution in [-0.4, -0.2) is 78.7 Å². The monoisotopic (exact) mass is 399 g/mol. The van der Waals surface area contributed by atoms with Crippen molar-refractivity contribution in [2.24, 2.45) is 0 Å². The van der Waals surface area contributed by atoms with E-state index >= 15 is 0 Å². The average molecular weight is 400 g/mol. The number of nitrogens with zero attached hydrogens (tertiary/aromatic N) is 5. The van der Waals surface area contributed by atoms with Crippen molar-refractivity contribution in [1.82, 2.24) is 24.1 Å². The summed E-state index contributed by atoms with van der Waals surface area (Å²) in [5.41, 5.74) is 2.01. The topological polar surface area (TPSA) is 61.2 Å². The number of hydrogen-bond acceptors (Lipinski definition) is 5. The van der Waals surface area contributed by atoms with Crippen molar-refractivity contribution in [3.8, 4) is 0 Å². The van der Waals surface area contributed by atoms with Gasteiger partial charge in [-0.1, -0.05) is 6.07 Å². The number of thioether (sulfide) groups is 1. The highest BCUT2D eigenvalue weighted by atomic mass is 32.2. The maximum atomic E-state index is 13.1. The first-order valence-electron chi connectivity index (χ1n) is 9.93. The van der Waals surface area contributed by atoms with Crippen LogP contribution in [0, 0.1) is 0 Å². The molecule has 0 spiro atoms. The van der Waals surface area contributed by atoms with Crippen molar-refractivity contribution in [2.75, 3.05) is 31.9 Å². The number of rotatable bonds is 3. The van der Waals surface area contributed by atoms with E-state index in [2.05, 4.69) is 23.0 Å². The third-order valence-corrected chi connectivity index (χ3v) is 7.72. The Hall–Kier alpha value is -2.06. The second-order valence-electron chi connectivity index (χ2n) is 8.07. The highest BCUT2D eigenvalue weighted by Gasteiger charge is 2.53. The number of imidazole rings is 1. The zero-order chi connectivity index (χ0) is 19.3. The van der Waals surface area contributed by atoms with Crippen molar-refractivity contribution in [3.05, 3.63) is 36.3 Å². The molecule has 2 aromatic rings. The van der Waals surface area contributed by atoms with Gasteiger partial charge in [-0.3, -0.25) is 14.5 Å². The molecule has 3 saturated heterocycles. The molecule has 0 aromatic carbocycles. The van der Waals surface area contributed by atoms with Gasteiger partial charge in [0.2, 0.25) is 11.8 Å². The van der Waals surface area contributed by atoms with Gasteiger partial charge in [0, 0.05) is 57.3 Å². The number of aromatic nitrogens is 2. The van der Waals surface area contributed by atoms with E-state index in [0.29, 0.717) is 19.5 Å². The molecule has 0 N–H and O–H groups in total. The lowest BCUT2D eigenvalue weighted by molar-refractivity contribution is -0.144. The van der Waals surface area contributed by atoms with Gasteiger partial charge in [-0.05, 0) is 25.5 Å². The van der Waals surface area contributed by atoms with Crippen molar-refractivity contribution >= 4 is 29.2 Å². The molecular weight excluding hydrogens is 374 g/mol. The molecule has 5 rings (SSSR count). The molecule has 3 fully saturated rings. The Bertz CT molecular complexity index is 889. The van der Waals surface area contributed by atoms with Crippen molar-refractivity contribution in [1.29, 1.82) is 0 Å². The van der Waals surface area contributed by atoms with Crippen molar-refractivity contribution in [3.63, 3.8) is 0 Å². The van der Waals surface area contributed by atoms with E-state index in [-0.39, 0.29) is 22.7 Å². The summed E-state index contributed by atoms with van der Waals surface area (Å²) in [6, 6.07) is 5.72. The van der Waals surface area contributed by atoms with Crippen LogP contribution in [0.2, 0.25) is 0 Å². The highest BCUT2D eigenvalue weighted by molar-refractivity contribution is 8.01. The first kappa shape index (κ1) is 18.0. The zero-order valence-electron chi connectivity index (χ0n) is 16.1. The quantitative estimate of drug-likeness (QED) is 0.782. The molecule has 0 bridgehead atoms. The lowest BCUT2D eigenvalue weighted by Crippen LogP contribution is -2.56. The van der Waals surface area contributed by atoms with Gasteiger partial charge in [0.1, 0.15) is 11.7 Å². The van der Waals surface area contributed by atoms with Crippen LogP contribution in [0.3, 0.4) is 0 Å². The van der Waals surface area contributed by atoms with E-state index in [9.17, 15) is 9.59 Å². The van der Waals surface area contributed by atoms with Gasteiger partial charge in [-0.25, -0.2) is 4.98 Å². The second kappa shape index (κ2) is 6.77. The number of pyridine rings is 1. The lowest BCUT2D eigenvalue weighted by Gasteiger charge is -2.37. The Morgan fingerprint density at radius 3 is 2.89 bits per heavy atom. The fourth-order valence-corrected chi connectivity index (χ4v) is 6.06. The van der Waals surface area contributed by atoms with E-state index in [0.717, 1.165) is 43.1 Å². The van der Waals surface area contributed by atoms with Crippen LogP contribution < -0.4 is 0 Å². The molecule has 0 saturated carbocycles. The van der Waals surface area contributed by atoms with E-state index in [1.165, 1.54) is 0 Å². The molecule has 3 aliphatic rings. The molecule has 0 aliphatic carbocycles. The molecule has 148 valence electrons. The van der Waals surface area contributed by atoms with E-state index in [1.54, 1.807) is 11.8 Å². The fourth-order valence-electron chi connectivity index (χ4n) is 4.63. The number of carbonyl (C=O) groups excluding carboxylic acids is 2. The molecule has 2 atom stereocenters. The third-order valence-electron chi connectivity index (χ3n) is 6.21. The molecular formula is C20H25N5O2S. The van der Waals surface area contributed by atoms with Crippen molar-refractivity contribution in [2.45, 2.75) is 37.2 Å². The molecule has 3 aliphatic heterocycles. The standard InChI is InChI=1S/C20H25N5O2S/c1-20-6-5-18(26)25(20)16(14-28-20)19(27)23-10-8-22(9-11-23)12-15-13-24-7-3-2-4-17(24)21-15/h2-4,7,13,16H,5-6,8-12,14H2,1H3. The SMILES string of the molecule is CC12CCC(=O)N1C(C(=O)N1CCN(Cc3cn4ccccc4n3)CC1)CS2. The smallest absolute Gasteiger partial charge is 0.246 e. The Morgan fingerprint density at radius 2 is 2.11 bits per heavy atom. The largest absolute Gasteiger partial charge is 0.338 e. The Morgan fingerprint density at radius 1 is 1.29 bits per heavy atom. The number of piperazine rings is 1. The lowest BCUT2D eigenvalue weighted by atomic mass is 10.2. The van der Waals surface area contributed by atoms with Crippen LogP contribution in [0.1, 0.15) is 25.5 Å². The molecule has 2 unspecified atom stereocenters. The minimum absolute atomic E-state index is 0.124. The molecule has 7 nitrogen and oxygen atoms in total. The predicted octanol–water partition coefficient (Wildman–Crippen LogP) is 1.43. The summed E-state index contributed by atoms with van der Waals surface area (Å²) in [6.07, 6.45) is 5.50. The van der Waals surface area contributed by atoms with Crippen LogP contribution in [0.25, 0.3) is 5.65 Å². The zero-order valence-corrected chi connectivity index (χ0v) is 16.9. The summed E-state index contributed by atoms with van der Waals surface area (Å²) in [7, 11) is 0. The van der Waals surface area contributed by atoms with Crippen LogP contribution in [0.15, 0.2) is 30.6 Å². The molecule has 2 aromatic heterocycles. The Balaban J connectivity index is 1.20. The first-order valence-corrected chi connectivity index (χ1v) is 10.9. The summed E-state index contributed by atoms with van der Waals surface area (Å²) in [5, 5.41) is 0. The van der Waals surface area contributed by atoms with Gasteiger partial charge >= 0.3 is 0 Å².